The maximum Gasteiger partial charge on any atom is 0.295 e. The predicted molar refractivity (Wildman–Crippen MR) is 102 cm³/mol. The molecule has 27 heavy (non-hydrogen) atoms. The van der Waals surface area contributed by atoms with E-state index in [-0.39, 0.29) is 17.5 Å². The highest BCUT2D eigenvalue weighted by molar-refractivity contribution is 7.22. The number of ether oxygens (including phenoxy) is 1. The molecule has 4 rings (SSSR count). The van der Waals surface area contributed by atoms with Crippen molar-refractivity contribution in [1.82, 2.24) is 9.88 Å². The smallest absolute Gasteiger partial charge is 0.295 e. The maximum atomic E-state index is 14.0. The molecular weight excluding hydrogens is 369 g/mol. The highest BCUT2D eigenvalue weighted by atomic mass is 32.1. The van der Waals surface area contributed by atoms with E-state index in [1.807, 2.05) is 6.07 Å². The molecule has 1 aliphatic heterocycles. The Labute approximate surface area is 160 Å². The average molecular weight is 389 g/mol. The molecule has 0 unspecified atom stereocenters. The van der Waals surface area contributed by atoms with Crippen LogP contribution in [0.3, 0.4) is 0 Å². The van der Waals surface area contributed by atoms with Crippen LogP contribution in [0.25, 0.3) is 10.2 Å². The Balaban J connectivity index is 1.55. The molecule has 1 amide bonds. The van der Waals surface area contributed by atoms with Gasteiger partial charge >= 0.3 is 0 Å². The van der Waals surface area contributed by atoms with Crippen molar-refractivity contribution in [2.45, 2.75) is 6.42 Å². The minimum absolute atomic E-state index is 0.251. The number of para-hydroxylation sites is 1. The number of nitrogens with zero attached hydrogens (tertiary/aromatic N) is 3. The molecule has 0 N–H and O–H groups in total. The molecule has 3 heterocycles. The van der Waals surface area contributed by atoms with Crippen molar-refractivity contribution in [3.8, 4) is 0 Å². The lowest BCUT2D eigenvalue weighted by molar-refractivity contribution is 0.0376. The second kappa shape index (κ2) is 8.16. The summed E-state index contributed by atoms with van der Waals surface area (Å²) in [6, 6.07) is 8.14. The van der Waals surface area contributed by atoms with Crippen LogP contribution in [0.2, 0.25) is 0 Å². The van der Waals surface area contributed by atoms with Crippen LogP contribution in [-0.4, -0.2) is 55.2 Å². The van der Waals surface area contributed by atoms with E-state index in [0.29, 0.717) is 17.2 Å². The Morgan fingerprint density at radius 1 is 1.26 bits per heavy atom. The van der Waals surface area contributed by atoms with Gasteiger partial charge in [0.05, 0.1) is 24.2 Å². The molecule has 0 radical (unpaired) electrons. The first-order chi connectivity index (χ1) is 13.2. The number of amides is 1. The lowest BCUT2D eigenvalue weighted by Gasteiger charge is -2.27. The van der Waals surface area contributed by atoms with Crippen molar-refractivity contribution in [3.05, 3.63) is 48.2 Å². The Morgan fingerprint density at radius 3 is 2.85 bits per heavy atom. The van der Waals surface area contributed by atoms with Crippen LogP contribution in [-0.2, 0) is 4.74 Å². The number of thiazole rings is 1. The summed E-state index contributed by atoms with van der Waals surface area (Å²) in [6.45, 7) is 4.64. The normalized spacial score (nSPS) is 15.3. The van der Waals surface area contributed by atoms with Crippen LogP contribution in [0, 0.1) is 5.82 Å². The fourth-order valence-corrected chi connectivity index (χ4v) is 4.12. The number of benzene rings is 1. The fourth-order valence-electron chi connectivity index (χ4n) is 3.11. The van der Waals surface area contributed by atoms with Crippen molar-refractivity contribution in [2.24, 2.45) is 0 Å². The number of furan rings is 1. The molecule has 1 aliphatic rings. The number of hydrogen-bond donors (Lipinski definition) is 0. The van der Waals surface area contributed by atoms with Gasteiger partial charge in [-0.1, -0.05) is 17.4 Å². The van der Waals surface area contributed by atoms with Gasteiger partial charge in [0, 0.05) is 26.2 Å². The van der Waals surface area contributed by atoms with Gasteiger partial charge in [-0.15, -0.1) is 0 Å². The summed E-state index contributed by atoms with van der Waals surface area (Å²) in [5.41, 5.74) is 0.294. The zero-order chi connectivity index (χ0) is 18.6. The zero-order valence-electron chi connectivity index (χ0n) is 14.8. The minimum atomic E-state index is -0.381. The van der Waals surface area contributed by atoms with Gasteiger partial charge in [0.2, 0.25) is 0 Å². The number of carbonyl (C=O) groups excluding carboxylic acids is 1. The van der Waals surface area contributed by atoms with Crippen LogP contribution >= 0.6 is 11.3 Å². The summed E-state index contributed by atoms with van der Waals surface area (Å²) in [6.07, 6.45) is 2.25. The SMILES string of the molecule is O=C(c1ccco1)N(CCCN1CCOCC1)c1nc2c(F)cccc2s1. The molecule has 3 aromatic rings. The summed E-state index contributed by atoms with van der Waals surface area (Å²) < 4.78 is 25.4. The molecule has 0 bridgehead atoms. The first kappa shape index (κ1) is 18.1. The molecule has 0 spiro atoms. The maximum absolute atomic E-state index is 14.0. The number of fused-ring (bicyclic) bond motifs is 1. The summed E-state index contributed by atoms with van der Waals surface area (Å²) in [7, 11) is 0. The van der Waals surface area contributed by atoms with E-state index in [9.17, 15) is 9.18 Å². The number of carbonyl (C=O) groups is 1. The van der Waals surface area contributed by atoms with Crippen molar-refractivity contribution >= 4 is 32.6 Å². The first-order valence-electron chi connectivity index (χ1n) is 8.93. The third kappa shape index (κ3) is 4.02. The monoisotopic (exact) mass is 389 g/mol. The van der Waals surface area contributed by atoms with Crippen molar-refractivity contribution in [3.63, 3.8) is 0 Å². The lowest BCUT2D eigenvalue weighted by Crippen LogP contribution is -2.39. The molecule has 1 fully saturated rings. The summed E-state index contributed by atoms with van der Waals surface area (Å²) in [5, 5.41) is 0.485. The van der Waals surface area contributed by atoms with Crippen LogP contribution in [0.5, 0.6) is 0 Å². The summed E-state index contributed by atoms with van der Waals surface area (Å²) >= 11 is 1.31. The van der Waals surface area contributed by atoms with Gasteiger partial charge < -0.3 is 9.15 Å². The molecule has 0 atom stereocenters. The third-order valence-electron chi connectivity index (χ3n) is 4.53. The van der Waals surface area contributed by atoms with E-state index in [4.69, 9.17) is 9.15 Å². The molecule has 142 valence electrons. The molecule has 1 saturated heterocycles. The number of aromatic nitrogens is 1. The predicted octanol–water partition coefficient (Wildman–Crippen LogP) is 3.40. The number of morpholine rings is 1. The van der Waals surface area contributed by atoms with E-state index in [1.54, 1.807) is 23.1 Å². The van der Waals surface area contributed by atoms with Gasteiger partial charge in [0.15, 0.2) is 10.9 Å². The number of rotatable bonds is 6. The minimum Gasteiger partial charge on any atom is -0.459 e. The Morgan fingerprint density at radius 2 is 2.11 bits per heavy atom. The van der Waals surface area contributed by atoms with Crippen LogP contribution in [0.1, 0.15) is 17.0 Å². The first-order valence-corrected chi connectivity index (χ1v) is 9.74. The zero-order valence-corrected chi connectivity index (χ0v) is 15.6. The van der Waals surface area contributed by atoms with Crippen molar-refractivity contribution in [1.29, 1.82) is 0 Å². The molecule has 6 nitrogen and oxygen atoms in total. The number of anilines is 1. The fraction of sp³-hybridized carbons (Fsp3) is 0.368. The van der Waals surface area contributed by atoms with Gasteiger partial charge in [-0.2, -0.15) is 0 Å². The van der Waals surface area contributed by atoms with E-state index >= 15 is 0 Å². The van der Waals surface area contributed by atoms with Crippen LogP contribution in [0.15, 0.2) is 41.0 Å². The molecule has 2 aromatic heterocycles. The van der Waals surface area contributed by atoms with E-state index in [1.165, 1.54) is 23.7 Å². The molecular formula is C19H20FN3O3S. The number of hydrogen-bond acceptors (Lipinski definition) is 6. The Kier molecular flexibility index (Phi) is 5.47. The molecule has 0 aliphatic carbocycles. The Bertz CT molecular complexity index is 906. The van der Waals surface area contributed by atoms with Crippen LogP contribution in [0.4, 0.5) is 9.52 Å². The van der Waals surface area contributed by atoms with E-state index < -0.39 is 0 Å². The van der Waals surface area contributed by atoms with E-state index in [0.717, 1.165) is 44.0 Å². The highest BCUT2D eigenvalue weighted by Crippen LogP contribution is 2.31. The summed E-state index contributed by atoms with van der Waals surface area (Å²) in [5.74, 6) is -0.392. The third-order valence-corrected chi connectivity index (χ3v) is 5.57. The van der Waals surface area contributed by atoms with Crippen LogP contribution < -0.4 is 4.90 Å². The molecule has 0 saturated carbocycles. The average Bonchev–Trinajstić information content (AvgIpc) is 3.36. The van der Waals surface area contributed by atoms with Gasteiger partial charge in [-0.25, -0.2) is 9.37 Å². The van der Waals surface area contributed by atoms with Gasteiger partial charge in [0.1, 0.15) is 11.3 Å². The lowest BCUT2D eigenvalue weighted by atomic mass is 10.3. The van der Waals surface area contributed by atoms with E-state index in [2.05, 4.69) is 9.88 Å². The molecule has 8 heteroatoms. The van der Waals surface area contributed by atoms with Gasteiger partial charge in [0.25, 0.3) is 5.91 Å². The summed E-state index contributed by atoms with van der Waals surface area (Å²) in [4.78, 5) is 21.2. The van der Waals surface area contributed by atoms with Gasteiger partial charge in [-0.3, -0.25) is 14.6 Å². The Hall–Kier alpha value is -2.29. The van der Waals surface area contributed by atoms with Crippen molar-refractivity contribution < 1.29 is 18.3 Å². The number of halogens is 1. The second-order valence-corrected chi connectivity index (χ2v) is 7.33. The highest BCUT2D eigenvalue weighted by Gasteiger charge is 2.24. The standard InChI is InChI=1S/C19H20FN3O3S/c20-14-4-1-6-16-17(14)21-19(27-16)23(18(24)15-5-2-11-26-15)8-3-7-22-9-12-25-13-10-22/h1-2,4-6,11H,3,7-10,12-13H2. The van der Waals surface area contributed by atoms with Crippen molar-refractivity contribution in [2.75, 3.05) is 44.3 Å². The van der Waals surface area contributed by atoms with Gasteiger partial charge in [-0.05, 0) is 30.7 Å². The molecule has 1 aromatic carbocycles. The second-order valence-electron chi connectivity index (χ2n) is 6.32. The quantitative estimate of drug-likeness (QED) is 0.647. The topological polar surface area (TPSA) is 58.8 Å². The largest absolute Gasteiger partial charge is 0.459 e.